The van der Waals surface area contributed by atoms with Crippen LogP contribution in [-0.4, -0.2) is 30.1 Å². The van der Waals surface area contributed by atoms with Crippen molar-refractivity contribution in [2.75, 3.05) is 13.1 Å². The molecule has 3 rings (SSSR count). The number of rotatable bonds is 2. The Labute approximate surface area is 129 Å². The van der Waals surface area contributed by atoms with Gasteiger partial charge in [0.1, 0.15) is 0 Å². The van der Waals surface area contributed by atoms with E-state index < -0.39 is 0 Å². The Morgan fingerprint density at radius 1 is 1.05 bits per heavy atom. The molecular formula is C19H30N2. The molecule has 21 heavy (non-hydrogen) atoms. The van der Waals surface area contributed by atoms with Gasteiger partial charge in [-0.15, -0.1) is 0 Å². The number of nitrogens with zero attached hydrogens (tertiary/aromatic N) is 1. The second kappa shape index (κ2) is 6.50. The van der Waals surface area contributed by atoms with Crippen molar-refractivity contribution in [3.05, 3.63) is 35.9 Å². The molecule has 0 spiro atoms. The summed E-state index contributed by atoms with van der Waals surface area (Å²) in [7, 11) is 0. The molecule has 0 bridgehead atoms. The molecule has 1 heterocycles. The zero-order valence-corrected chi connectivity index (χ0v) is 13.8. The van der Waals surface area contributed by atoms with Crippen LogP contribution >= 0.6 is 0 Å². The van der Waals surface area contributed by atoms with Crippen molar-refractivity contribution in [1.29, 1.82) is 0 Å². The summed E-state index contributed by atoms with van der Waals surface area (Å²) in [6.07, 6.45) is 4.19. The highest BCUT2D eigenvalue weighted by Crippen LogP contribution is 2.37. The molecule has 1 aromatic rings. The van der Waals surface area contributed by atoms with Gasteiger partial charge in [0, 0.05) is 31.2 Å². The molecule has 5 unspecified atom stereocenters. The first-order chi connectivity index (χ1) is 10.2. The van der Waals surface area contributed by atoms with Crippen LogP contribution in [0.4, 0.5) is 0 Å². The fourth-order valence-corrected chi connectivity index (χ4v) is 4.31. The van der Waals surface area contributed by atoms with E-state index in [1.165, 1.54) is 31.4 Å². The Bertz CT molecular complexity index is 444. The molecule has 1 aliphatic heterocycles. The Balaban J connectivity index is 1.84. The van der Waals surface area contributed by atoms with Gasteiger partial charge in [0.15, 0.2) is 0 Å². The average molecular weight is 286 g/mol. The van der Waals surface area contributed by atoms with Gasteiger partial charge in [-0.3, -0.25) is 4.90 Å². The standard InChI is InChI=1S/C19H30N2/c1-14-8-7-11-18(16(14)3)21-13-15(2)20-12-19(21)17-9-5-4-6-10-17/h4-6,9-10,14-16,18-20H,7-8,11-13H2,1-3H3. The van der Waals surface area contributed by atoms with Crippen LogP contribution in [0.2, 0.25) is 0 Å². The maximum Gasteiger partial charge on any atom is 0.0476 e. The van der Waals surface area contributed by atoms with Crippen molar-refractivity contribution in [2.45, 2.75) is 58.2 Å². The first-order valence-electron chi connectivity index (χ1n) is 8.71. The Morgan fingerprint density at radius 2 is 1.81 bits per heavy atom. The highest BCUT2D eigenvalue weighted by molar-refractivity contribution is 5.20. The molecule has 0 amide bonds. The molecule has 1 saturated carbocycles. The number of piperazine rings is 1. The normalized spacial score (nSPS) is 38.3. The molecule has 5 atom stereocenters. The molecule has 1 aliphatic carbocycles. The maximum atomic E-state index is 3.68. The van der Waals surface area contributed by atoms with E-state index in [-0.39, 0.29) is 0 Å². The number of hydrogen-bond donors (Lipinski definition) is 1. The Kier molecular flexibility index (Phi) is 4.66. The van der Waals surface area contributed by atoms with Gasteiger partial charge in [0.05, 0.1) is 0 Å². The van der Waals surface area contributed by atoms with E-state index in [1.807, 2.05) is 0 Å². The molecule has 1 N–H and O–H groups in total. The molecule has 2 aliphatic rings. The van der Waals surface area contributed by atoms with Gasteiger partial charge in [0.25, 0.3) is 0 Å². The summed E-state index contributed by atoms with van der Waals surface area (Å²) in [5.74, 6) is 1.68. The lowest BCUT2D eigenvalue weighted by Gasteiger charge is -2.49. The average Bonchev–Trinajstić information content (AvgIpc) is 2.51. The van der Waals surface area contributed by atoms with Crippen molar-refractivity contribution in [3.8, 4) is 0 Å². The van der Waals surface area contributed by atoms with Crippen LogP contribution in [0.25, 0.3) is 0 Å². The Morgan fingerprint density at radius 3 is 2.57 bits per heavy atom. The van der Waals surface area contributed by atoms with Crippen molar-refractivity contribution < 1.29 is 0 Å². The van der Waals surface area contributed by atoms with Crippen LogP contribution in [0.3, 0.4) is 0 Å². The molecule has 116 valence electrons. The summed E-state index contributed by atoms with van der Waals surface area (Å²) in [5, 5.41) is 3.68. The fourth-order valence-electron chi connectivity index (χ4n) is 4.31. The molecule has 0 radical (unpaired) electrons. The lowest BCUT2D eigenvalue weighted by molar-refractivity contribution is 0.0197. The van der Waals surface area contributed by atoms with E-state index in [0.29, 0.717) is 12.1 Å². The first kappa shape index (κ1) is 15.1. The molecule has 1 saturated heterocycles. The number of nitrogens with one attached hydrogen (secondary N) is 1. The summed E-state index contributed by atoms with van der Waals surface area (Å²) < 4.78 is 0. The summed E-state index contributed by atoms with van der Waals surface area (Å²) >= 11 is 0. The van der Waals surface area contributed by atoms with Crippen molar-refractivity contribution in [3.63, 3.8) is 0 Å². The fraction of sp³-hybridized carbons (Fsp3) is 0.684. The van der Waals surface area contributed by atoms with Crippen LogP contribution in [0.5, 0.6) is 0 Å². The number of benzene rings is 1. The third-order valence-corrected chi connectivity index (χ3v) is 5.82. The lowest BCUT2D eigenvalue weighted by Crippen LogP contribution is -2.57. The zero-order valence-electron chi connectivity index (χ0n) is 13.8. The van der Waals surface area contributed by atoms with Crippen LogP contribution in [-0.2, 0) is 0 Å². The minimum Gasteiger partial charge on any atom is -0.311 e. The van der Waals surface area contributed by atoms with Gasteiger partial charge in [-0.05, 0) is 30.7 Å². The van der Waals surface area contributed by atoms with E-state index in [2.05, 4.69) is 61.3 Å². The zero-order chi connectivity index (χ0) is 14.8. The smallest absolute Gasteiger partial charge is 0.0476 e. The SMILES string of the molecule is CC1CN(C2CCCC(C)C2C)C(c2ccccc2)CN1. The monoisotopic (exact) mass is 286 g/mol. The van der Waals surface area contributed by atoms with E-state index in [9.17, 15) is 0 Å². The van der Waals surface area contributed by atoms with E-state index in [0.717, 1.165) is 24.4 Å². The summed E-state index contributed by atoms with van der Waals surface area (Å²) in [6, 6.07) is 13.0. The molecule has 1 aromatic carbocycles. The van der Waals surface area contributed by atoms with Gasteiger partial charge in [0.2, 0.25) is 0 Å². The minimum atomic E-state index is 0.542. The predicted molar refractivity (Wildman–Crippen MR) is 89.3 cm³/mol. The van der Waals surface area contributed by atoms with Crippen molar-refractivity contribution >= 4 is 0 Å². The van der Waals surface area contributed by atoms with Crippen LogP contribution in [0.15, 0.2) is 30.3 Å². The van der Waals surface area contributed by atoms with E-state index >= 15 is 0 Å². The van der Waals surface area contributed by atoms with Crippen LogP contribution in [0, 0.1) is 11.8 Å². The van der Waals surface area contributed by atoms with Crippen LogP contribution in [0.1, 0.15) is 51.6 Å². The van der Waals surface area contributed by atoms with E-state index in [1.54, 1.807) is 0 Å². The van der Waals surface area contributed by atoms with Gasteiger partial charge >= 0.3 is 0 Å². The van der Waals surface area contributed by atoms with E-state index in [4.69, 9.17) is 0 Å². The van der Waals surface area contributed by atoms with Crippen molar-refractivity contribution in [2.24, 2.45) is 11.8 Å². The first-order valence-corrected chi connectivity index (χ1v) is 8.71. The van der Waals surface area contributed by atoms with Gasteiger partial charge in [-0.25, -0.2) is 0 Å². The summed E-state index contributed by atoms with van der Waals surface area (Å²) in [6.45, 7) is 9.51. The second-order valence-electron chi connectivity index (χ2n) is 7.27. The van der Waals surface area contributed by atoms with Gasteiger partial charge in [-0.2, -0.15) is 0 Å². The largest absolute Gasteiger partial charge is 0.311 e. The molecular weight excluding hydrogens is 256 g/mol. The summed E-state index contributed by atoms with van der Waals surface area (Å²) in [5.41, 5.74) is 1.47. The second-order valence-corrected chi connectivity index (χ2v) is 7.27. The van der Waals surface area contributed by atoms with Crippen molar-refractivity contribution in [1.82, 2.24) is 10.2 Å². The lowest BCUT2D eigenvalue weighted by atomic mass is 9.76. The highest BCUT2D eigenvalue weighted by atomic mass is 15.3. The third kappa shape index (κ3) is 3.17. The quantitative estimate of drug-likeness (QED) is 0.888. The minimum absolute atomic E-state index is 0.542. The Hall–Kier alpha value is -0.860. The summed E-state index contributed by atoms with van der Waals surface area (Å²) in [4.78, 5) is 2.82. The maximum absolute atomic E-state index is 3.68. The molecule has 2 fully saturated rings. The third-order valence-electron chi connectivity index (χ3n) is 5.82. The predicted octanol–water partition coefficient (Wildman–Crippen LogP) is 3.85. The molecule has 0 aromatic heterocycles. The topological polar surface area (TPSA) is 15.3 Å². The molecule has 2 nitrogen and oxygen atoms in total. The number of hydrogen-bond acceptors (Lipinski definition) is 2. The van der Waals surface area contributed by atoms with Gasteiger partial charge in [-0.1, -0.05) is 57.0 Å². The molecule has 2 heteroatoms. The van der Waals surface area contributed by atoms with Gasteiger partial charge < -0.3 is 5.32 Å². The van der Waals surface area contributed by atoms with Crippen LogP contribution < -0.4 is 5.32 Å². The highest BCUT2D eigenvalue weighted by Gasteiger charge is 2.37.